The molecule has 1 N–H and O–H groups in total. The van der Waals surface area contributed by atoms with Crippen LogP contribution in [0, 0.1) is 5.82 Å². The quantitative estimate of drug-likeness (QED) is 0.903. The van der Waals surface area contributed by atoms with Gasteiger partial charge in [0.1, 0.15) is 5.82 Å². The van der Waals surface area contributed by atoms with Gasteiger partial charge in [-0.25, -0.2) is 4.39 Å². The van der Waals surface area contributed by atoms with Crippen molar-refractivity contribution >= 4 is 15.9 Å². The van der Waals surface area contributed by atoms with E-state index in [0.29, 0.717) is 0 Å². The zero-order chi connectivity index (χ0) is 12.3. The fraction of sp³-hybridized carbons (Fsp3) is 0.538. The van der Waals surface area contributed by atoms with Crippen LogP contribution >= 0.6 is 15.9 Å². The number of nitrogens with one attached hydrogen (secondary N) is 1. The highest BCUT2D eigenvalue weighted by molar-refractivity contribution is 9.10. The summed E-state index contributed by atoms with van der Waals surface area (Å²) in [5.74, 6) is -0.113. The maximum Gasteiger partial charge on any atom is 0.128 e. The van der Waals surface area contributed by atoms with Crippen LogP contribution in [0.25, 0.3) is 0 Å². The van der Waals surface area contributed by atoms with Crippen LogP contribution in [0.3, 0.4) is 0 Å². The Morgan fingerprint density at radius 1 is 1.35 bits per heavy atom. The van der Waals surface area contributed by atoms with E-state index in [0.717, 1.165) is 42.6 Å². The number of hydrogen-bond acceptors (Lipinski definition) is 2. The minimum atomic E-state index is -0.113. The Kier molecular flexibility index (Phi) is 4.54. The van der Waals surface area contributed by atoms with E-state index in [9.17, 15) is 4.39 Å². The van der Waals surface area contributed by atoms with E-state index in [4.69, 9.17) is 0 Å². The van der Waals surface area contributed by atoms with Gasteiger partial charge in [0.2, 0.25) is 0 Å². The fourth-order valence-corrected chi connectivity index (χ4v) is 2.66. The summed E-state index contributed by atoms with van der Waals surface area (Å²) in [5.41, 5.74) is 0.779. The second kappa shape index (κ2) is 5.94. The van der Waals surface area contributed by atoms with E-state index >= 15 is 0 Å². The highest BCUT2D eigenvalue weighted by Crippen LogP contribution is 2.26. The second-order valence-corrected chi connectivity index (χ2v) is 5.40. The van der Waals surface area contributed by atoms with E-state index in [1.165, 1.54) is 6.07 Å². The molecule has 4 heteroatoms. The van der Waals surface area contributed by atoms with E-state index in [1.54, 1.807) is 6.07 Å². The van der Waals surface area contributed by atoms with Crippen LogP contribution in [0.5, 0.6) is 0 Å². The molecule has 0 spiro atoms. The molecule has 0 saturated carbocycles. The molecule has 1 aliphatic heterocycles. The molecule has 94 valence electrons. The lowest BCUT2D eigenvalue weighted by molar-refractivity contribution is 0.221. The standard InChI is InChI=1S/C13H18BrFN2/c1-10(17-7-2-5-16-6-8-17)12-9-11(14)3-4-13(12)15/h3-4,9-10,16H,2,5-8H2,1H3. The van der Waals surface area contributed by atoms with Crippen LogP contribution in [-0.2, 0) is 0 Å². The minimum Gasteiger partial charge on any atom is -0.315 e. The van der Waals surface area contributed by atoms with Gasteiger partial charge in [-0.05, 0) is 44.6 Å². The van der Waals surface area contributed by atoms with E-state index in [-0.39, 0.29) is 11.9 Å². The molecule has 17 heavy (non-hydrogen) atoms. The van der Waals surface area contributed by atoms with E-state index in [1.807, 2.05) is 6.07 Å². The van der Waals surface area contributed by atoms with Crippen molar-refractivity contribution in [3.05, 3.63) is 34.1 Å². The van der Waals surface area contributed by atoms with Crippen LogP contribution in [0.4, 0.5) is 4.39 Å². The highest BCUT2D eigenvalue weighted by Gasteiger charge is 2.19. The normalized spacial score (nSPS) is 19.9. The summed E-state index contributed by atoms with van der Waals surface area (Å²) in [6.07, 6.45) is 1.12. The van der Waals surface area contributed by atoms with Crippen molar-refractivity contribution in [3.63, 3.8) is 0 Å². The third-order valence-electron chi connectivity index (χ3n) is 3.33. The average molecular weight is 301 g/mol. The van der Waals surface area contributed by atoms with Gasteiger partial charge >= 0.3 is 0 Å². The van der Waals surface area contributed by atoms with Gasteiger partial charge in [-0.15, -0.1) is 0 Å². The first-order valence-corrected chi connectivity index (χ1v) is 6.87. The zero-order valence-corrected chi connectivity index (χ0v) is 11.6. The molecule has 1 aromatic rings. The minimum absolute atomic E-state index is 0.113. The van der Waals surface area contributed by atoms with Gasteiger partial charge in [0.25, 0.3) is 0 Å². The molecule has 0 radical (unpaired) electrons. The SMILES string of the molecule is CC(c1cc(Br)ccc1F)N1CCCNCC1. The molecule has 1 saturated heterocycles. The molecular weight excluding hydrogens is 283 g/mol. The topological polar surface area (TPSA) is 15.3 Å². The van der Waals surface area contributed by atoms with Crippen molar-refractivity contribution in [2.75, 3.05) is 26.2 Å². The maximum atomic E-state index is 13.8. The lowest BCUT2D eigenvalue weighted by Crippen LogP contribution is -2.31. The van der Waals surface area contributed by atoms with Gasteiger partial charge in [0, 0.05) is 29.2 Å². The summed E-state index contributed by atoms with van der Waals surface area (Å²) in [4.78, 5) is 2.34. The number of nitrogens with zero attached hydrogens (tertiary/aromatic N) is 1. The van der Waals surface area contributed by atoms with Crippen molar-refractivity contribution in [1.82, 2.24) is 10.2 Å². The smallest absolute Gasteiger partial charge is 0.128 e. The molecule has 0 aromatic heterocycles. The molecule has 0 bridgehead atoms. The molecule has 0 aliphatic carbocycles. The Bertz CT molecular complexity index is 376. The highest BCUT2D eigenvalue weighted by atomic mass is 79.9. The third-order valence-corrected chi connectivity index (χ3v) is 3.82. The Hall–Kier alpha value is -0.450. The van der Waals surface area contributed by atoms with Crippen LogP contribution < -0.4 is 5.32 Å². The summed E-state index contributed by atoms with van der Waals surface area (Å²) < 4.78 is 14.8. The van der Waals surface area contributed by atoms with E-state index in [2.05, 4.69) is 33.1 Å². The van der Waals surface area contributed by atoms with Crippen LogP contribution in [0.2, 0.25) is 0 Å². The predicted molar refractivity (Wildman–Crippen MR) is 71.6 cm³/mol. The molecule has 2 rings (SSSR count). The lowest BCUT2D eigenvalue weighted by atomic mass is 10.1. The van der Waals surface area contributed by atoms with E-state index < -0.39 is 0 Å². The predicted octanol–water partition coefficient (Wildman–Crippen LogP) is 2.94. The average Bonchev–Trinajstić information content (AvgIpc) is 2.60. The van der Waals surface area contributed by atoms with Gasteiger partial charge in [-0.1, -0.05) is 15.9 Å². The first-order chi connectivity index (χ1) is 8.18. The summed E-state index contributed by atoms with van der Waals surface area (Å²) in [5, 5.41) is 3.36. The van der Waals surface area contributed by atoms with Crippen molar-refractivity contribution in [2.45, 2.75) is 19.4 Å². The van der Waals surface area contributed by atoms with Gasteiger partial charge in [0.05, 0.1) is 0 Å². The molecule has 1 unspecified atom stereocenters. The number of hydrogen-bond donors (Lipinski definition) is 1. The van der Waals surface area contributed by atoms with Gasteiger partial charge in [-0.3, -0.25) is 4.90 Å². The number of rotatable bonds is 2. The summed E-state index contributed by atoms with van der Waals surface area (Å²) in [7, 11) is 0. The monoisotopic (exact) mass is 300 g/mol. The molecule has 1 heterocycles. The largest absolute Gasteiger partial charge is 0.315 e. The first-order valence-electron chi connectivity index (χ1n) is 6.08. The Labute approximate surface area is 110 Å². The zero-order valence-electron chi connectivity index (χ0n) is 10.0. The molecule has 1 aliphatic rings. The van der Waals surface area contributed by atoms with Crippen molar-refractivity contribution in [3.8, 4) is 0 Å². The fourth-order valence-electron chi connectivity index (χ4n) is 2.29. The molecule has 1 fully saturated rings. The Morgan fingerprint density at radius 2 is 2.18 bits per heavy atom. The maximum absolute atomic E-state index is 13.8. The van der Waals surface area contributed by atoms with Gasteiger partial charge < -0.3 is 5.32 Å². The molecular formula is C13H18BrFN2. The molecule has 2 nitrogen and oxygen atoms in total. The van der Waals surface area contributed by atoms with Crippen molar-refractivity contribution < 1.29 is 4.39 Å². The van der Waals surface area contributed by atoms with Crippen LogP contribution in [-0.4, -0.2) is 31.1 Å². The molecule has 1 aromatic carbocycles. The number of benzene rings is 1. The summed E-state index contributed by atoms with van der Waals surface area (Å²) in [6, 6.07) is 5.30. The van der Waals surface area contributed by atoms with Crippen molar-refractivity contribution in [1.29, 1.82) is 0 Å². The lowest BCUT2D eigenvalue weighted by Gasteiger charge is -2.28. The summed E-state index contributed by atoms with van der Waals surface area (Å²) in [6.45, 7) is 6.13. The summed E-state index contributed by atoms with van der Waals surface area (Å²) >= 11 is 3.41. The number of halogens is 2. The Morgan fingerprint density at radius 3 is 3.00 bits per heavy atom. The van der Waals surface area contributed by atoms with Gasteiger partial charge in [0.15, 0.2) is 0 Å². The molecule has 0 amide bonds. The third kappa shape index (κ3) is 3.27. The van der Waals surface area contributed by atoms with Gasteiger partial charge in [-0.2, -0.15) is 0 Å². The Balaban J connectivity index is 2.16. The molecule has 1 atom stereocenters. The first kappa shape index (κ1) is 13.0. The van der Waals surface area contributed by atoms with Crippen LogP contribution in [0.1, 0.15) is 24.9 Å². The van der Waals surface area contributed by atoms with Crippen LogP contribution in [0.15, 0.2) is 22.7 Å². The van der Waals surface area contributed by atoms with Crippen molar-refractivity contribution in [2.24, 2.45) is 0 Å². The second-order valence-electron chi connectivity index (χ2n) is 4.48.